The van der Waals surface area contributed by atoms with Crippen molar-refractivity contribution >= 4 is 0 Å². The Morgan fingerprint density at radius 3 is 2.56 bits per heavy atom. The fourth-order valence-corrected chi connectivity index (χ4v) is 1.83. The van der Waals surface area contributed by atoms with Crippen molar-refractivity contribution in [3.63, 3.8) is 0 Å². The molecule has 0 amide bonds. The van der Waals surface area contributed by atoms with E-state index in [-0.39, 0.29) is 6.29 Å². The Balaban J connectivity index is 2.02. The van der Waals surface area contributed by atoms with E-state index < -0.39 is 6.10 Å². The Kier molecular flexibility index (Phi) is 3.59. The molecule has 0 saturated carbocycles. The molecule has 3 heteroatoms. The molecule has 1 aliphatic heterocycles. The summed E-state index contributed by atoms with van der Waals surface area (Å²) in [7, 11) is 0. The highest BCUT2D eigenvalue weighted by Crippen LogP contribution is 2.23. The van der Waals surface area contributed by atoms with Gasteiger partial charge in [-0.3, -0.25) is 0 Å². The minimum Gasteiger partial charge on any atom is -0.388 e. The number of hydrogen-bond donors (Lipinski definition) is 1. The summed E-state index contributed by atoms with van der Waals surface area (Å²) in [6.45, 7) is 5.37. The van der Waals surface area contributed by atoms with Crippen LogP contribution in [-0.2, 0) is 9.47 Å². The molecular weight excluding hydrogens is 204 g/mol. The summed E-state index contributed by atoms with van der Waals surface area (Å²) in [5.74, 6) is 0. The quantitative estimate of drug-likeness (QED) is 0.851. The van der Waals surface area contributed by atoms with Gasteiger partial charge in [0, 0.05) is 6.42 Å². The second kappa shape index (κ2) is 4.95. The van der Waals surface area contributed by atoms with E-state index in [0.717, 1.165) is 5.56 Å². The van der Waals surface area contributed by atoms with E-state index in [0.29, 0.717) is 19.6 Å². The van der Waals surface area contributed by atoms with Gasteiger partial charge >= 0.3 is 0 Å². The zero-order valence-electron chi connectivity index (χ0n) is 9.77. The van der Waals surface area contributed by atoms with Gasteiger partial charge in [-0.15, -0.1) is 0 Å². The van der Waals surface area contributed by atoms with E-state index in [9.17, 15) is 5.11 Å². The van der Waals surface area contributed by atoms with Crippen LogP contribution in [0.3, 0.4) is 0 Å². The Labute approximate surface area is 96.0 Å². The molecule has 0 radical (unpaired) electrons. The number of rotatable bonds is 3. The van der Waals surface area contributed by atoms with Crippen molar-refractivity contribution in [2.24, 2.45) is 0 Å². The summed E-state index contributed by atoms with van der Waals surface area (Å²) in [6, 6.07) is 6.02. The number of hydrogen-bond acceptors (Lipinski definition) is 3. The summed E-state index contributed by atoms with van der Waals surface area (Å²) in [5, 5.41) is 10.0. The van der Waals surface area contributed by atoms with Gasteiger partial charge in [-0.05, 0) is 30.5 Å². The van der Waals surface area contributed by atoms with Gasteiger partial charge in [-0.25, -0.2) is 0 Å². The normalized spacial score (nSPS) is 18.9. The van der Waals surface area contributed by atoms with Gasteiger partial charge in [0.2, 0.25) is 0 Å². The molecule has 1 heterocycles. The van der Waals surface area contributed by atoms with Crippen LogP contribution in [0.1, 0.15) is 29.2 Å². The second-order valence-electron chi connectivity index (χ2n) is 4.27. The molecule has 1 atom stereocenters. The standard InChI is InChI=1S/C13H18O3/c1-9-3-4-11(7-10(9)2)12(14)8-13-15-5-6-16-13/h3-4,7,12-14H,5-6,8H2,1-2H3. The third kappa shape index (κ3) is 2.61. The SMILES string of the molecule is Cc1ccc(C(O)CC2OCCO2)cc1C. The molecule has 1 aliphatic rings. The maximum atomic E-state index is 10.0. The summed E-state index contributed by atoms with van der Waals surface area (Å²) < 4.78 is 10.6. The van der Waals surface area contributed by atoms with Gasteiger partial charge in [0.05, 0.1) is 19.3 Å². The monoisotopic (exact) mass is 222 g/mol. The highest BCUT2D eigenvalue weighted by molar-refractivity contribution is 5.31. The lowest BCUT2D eigenvalue weighted by atomic mass is 10.0. The predicted octanol–water partition coefficient (Wildman–Crippen LogP) is 2.10. The van der Waals surface area contributed by atoms with E-state index in [1.165, 1.54) is 11.1 Å². The van der Waals surface area contributed by atoms with Crippen molar-refractivity contribution in [1.29, 1.82) is 0 Å². The maximum Gasteiger partial charge on any atom is 0.160 e. The molecule has 1 fully saturated rings. The van der Waals surface area contributed by atoms with E-state index in [2.05, 4.69) is 6.92 Å². The average Bonchev–Trinajstić information content (AvgIpc) is 2.74. The zero-order valence-corrected chi connectivity index (χ0v) is 9.77. The van der Waals surface area contributed by atoms with Crippen LogP contribution in [0.4, 0.5) is 0 Å². The molecular formula is C13H18O3. The fourth-order valence-electron chi connectivity index (χ4n) is 1.83. The largest absolute Gasteiger partial charge is 0.388 e. The molecule has 0 aliphatic carbocycles. The summed E-state index contributed by atoms with van der Waals surface area (Å²) in [5.41, 5.74) is 3.37. The van der Waals surface area contributed by atoms with Crippen molar-refractivity contribution < 1.29 is 14.6 Å². The van der Waals surface area contributed by atoms with Crippen LogP contribution in [0.2, 0.25) is 0 Å². The van der Waals surface area contributed by atoms with Crippen LogP contribution in [0.15, 0.2) is 18.2 Å². The van der Waals surface area contributed by atoms with Gasteiger partial charge in [0.15, 0.2) is 6.29 Å². The Bertz CT molecular complexity index is 356. The molecule has 16 heavy (non-hydrogen) atoms. The number of ether oxygens (including phenoxy) is 2. The molecule has 0 spiro atoms. The minimum absolute atomic E-state index is 0.253. The number of aliphatic hydroxyl groups is 1. The van der Waals surface area contributed by atoms with Crippen LogP contribution in [0.5, 0.6) is 0 Å². The minimum atomic E-state index is -0.512. The van der Waals surface area contributed by atoms with Crippen molar-refractivity contribution in [3.05, 3.63) is 34.9 Å². The van der Waals surface area contributed by atoms with Crippen LogP contribution < -0.4 is 0 Å². The summed E-state index contributed by atoms with van der Waals surface area (Å²) >= 11 is 0. The molecule has 1 aromatic rings. The molecule has 0 aromatic heterocycles. The molecule has 88 valence electrons. The fraction of sp³-hybridized carbons (Fsp3) is 0.538. The first-order valence-corrected chi connectivity index (χ1v) is 5.65. The van der Waals surface area contributed by atoms with Gasteiger partial charge in [0.1, 0.15) is 0 Å². The molecule has 0 bridgehead atoms. The first kappa shape index (κ1) is 11.6. The van der Waals surface area contributed by atoms with Crippen LogP contribution >= 0.6 is 0 Å². The summed E-state index contributed by atoms with van der Waals surface area (Å²) in [4.78, 5) is 0. The van der Waals surface area contributed by atoms with Crippen molar-refractivity contribution in [2.45, 2.75) is 32.7 Å². The molecule has 2 rings (SSSR count). The van der Waals surface area contributed by atoms with Gasteiger partial charge in [-0.2, -0.15) is 0 Å². The van der Waals surface area contributed by atoms with Crippen molar-refractivity contribution in [1.82, 2.24) is 0 Å². The maximum absolute atomic E-state index is 10.0. The lowest BCUT2D eigenvalue weighted by Gasteiger charge is -2.16. The number of benzene rings is 1. The number of aliphatic hydroxyl groups excluding tert-OH is 1. The predicted molar refractivity (Wildman–Crippen MR) is 61.2 cm³/mol. The topological polar surface area (TPSA) is 38.7 Å². The van der Waals surface area contributed by atoms with E-state index in [1.54, 1.807) is 0 Å². The first-order chi connectivity index (χ1) is 7.66. The Morgan fingerprint density at radius 1 is 1.25 bits per heavy atom. The molecule has 1 unspecified atom stereocenters. The lowest BCUT2D eigenvalue weighted by Crippen LogP contribution is -2.13. The zero-order chi connectivity index (χ0) is 11.5. The second-order valence-corrected chi connectivity index (χ2v) is 4.27. The van der Waals surface area contributed by atoms with Gasteiger partial charge in [-0.1, -0.05) is 18.2 Å². The molecule has 3 nitrogen and oxygen atoms in total. The van der Waals surface area contributed by atoms with Crippen LogP contribution in [0.25, 0.3) is 0 Å². The van der Waals surface area contributed by atoms with Crippen molar-refractivity contribution in [3.8, 4) is 0 Å². The molecule has 1 saturated heterocycles. The van der Waals surface area contributed by atoms with Gasteiger partial charge < -0.3 is 14.6 Å². The van der Waals surface area contributed by atoms with E-state index in [1.807, 2.05) is 25.1 Å². The van der Waals surface area contributed by atoms with E-state index in [4.69, 9.17) is 9.47 Å². The summed E-state index contributed by atoms with van der Waals surface area (Å²) in [6.07, 6.45) is -0.262. The third-order valence-corrected chi connectivity index (χ3v) is 3.02. The Hall–Kier alpha value is -0.900. The Morgan fingerprint density at radius 2 is 1.94 bits per heavy atom. The first-order valence-electron chi connectivity index (χ1n) is 5.65. The van der Waals surface area contributed by atoms with E-state index >= 15 is 0 Å². The van der Waals surface area contributed by atoms with Gasteiger partial charge in [0.25, 0.3) is 0 Å². The molecule has 1 aromatic carbocycles. The lowest BCUT2D eigenvalue weighted by molar-refractivity contribution is -0.0707. The third-order valence-electron chi connectivity index (χ3n) is 3.02. The van der Waals surface area contributed by atoms with Crippen LogP contribution in [0, 0.1) is 13.8 Å². The highest BCUT2D eigenvalue weighted by atomic mass is 16.7. The highest BCUT2D eigenvalue weighted by Gasteiger charge is 2.21. The van der Waals surface area contributed by atoms with Crippen LogP contribution in [-0.4, -0.2) is 24.6 Å². The number of aryl methyl sites for hydroxylation is 2. The smallest absolute Gasteiger partial charge is 0.160 e. The van der Waals surface area contributed by atoms with Crippen molar-refractivity contribution in [2.75, 3.05) is 13.2 Å². The average molecular weight is 222 g/mol. The molecule has 1 N–H and O–H groups in total.